The van der Waals surface area contributed by atoms with E-state index in [-0.39, 0.29) is 11.9 Å². The summed E-state index contributed by atoms with van der Waals surface area (Å²) in [6, 6.07) is 13.5. The summed E-state index contributed by atoms with van der Waals surface area (Å²) in [6.07, 6.45) is 1.68. The van der Waals surface area contributed by atoms with Crippen LogP contribution in [0.15, 0.2) is 42.5 Å². The van der Waals surface area contributed by atoms with E-state index in [1.54, 1.807) is 32.0 Å². The summed E-state index contributed by atoms with van der Waals surface area (Å²) in [7, 11) is 4.98. The van der Waals surface area contributed by atoms with Crippen LogP contribution in [0.3, 0.4) is 0 Å². The highest BCUT2D eigenvalue weighted by molar-refractivity contribution is 5.94. The lowest BCUT2D eigenvalue weighted by Gasteiger charge is -2.14. The van der Waals surface area contributed by atoms with Gasteiger partial charge in [0, 0.05) is 25.1 Å². The molecule has 1 unspecified atom stereocenters. The minimum atomic E-state index is -0.167. The van der Waals surface area contributed by atoms with E-state index in [4.69, 9.17) is 14.2 Å². The number of hydrogen-bond donors (Lipinski definition) is 1. The number of benzene rings is 2. The summed E-state index contributed by atoms with van der Waals surface area (Å²) in [5, 5.41) is 7.61. The monoisotopic (exact) mass is 421 g/mol. The average molecular weight is 421 g/mol. The van der Waals surface area contributed by atoms with Crippen molar-refractivity contribution in [3.8, 4) is 28.5 Å². The molecule has 7 heteroatoms. The van der Waals surface area contributed by atoms with Gasteiger partial charge in [-0.15, -0.1) is 0 Å². The molecule has 4 rings (SSSR count). The number of carbonyl (C=O) groups is 1. The first-order valence-corrected chi connectivity index (χ1v) is 10.3. The minimum Gasteiger partial charge on any atom is -0.497 e. The number of nitrogens with zero attached hydrogens (tertiary/aromatic N) is 2. The van der Waals surface area contributed by atoms with Gasteiger partial charge in [0.25, 0.3) is 5.91 Å². The summed E-state index contributed by atoms with van der Waals surface area (Å²) < 4.78 is 17.9. The fourth-order valence-corrected chi connectivity index (χ4v) is 3.89. The molecular formula is C24H27N3O4. The summed E-state index contributed by atoms with van der Waals surface area (Å²) >= 11 is 0. The van der Waals surface area contributed by atoms with Crippen LogP contribution in [0.5, 0.6) is 17.2 Å². The molecular weight excluding hydrogens is 394 g/mol. The van der Waals surface area contributed by atoms with E-state index in [0.717, 1.165) is 30.8 Å². The largest absolute Gasteiger partial charge is 0.497 e. The molecule has 1 N–H and O–H groups in total. The Morgan fingerprint density at radius 2 is 2.03 bits per heavy atom. The molecule has 0 saturated carbocycles. The van der Waals surface area contributed by atoms with Gasteiger partial charge < -0.3 is 19.5 Å². The van der Waals surface area contributed by atoms with E-state index < -0.39 is 0 Å². The van der Waals surface area contributed by atoms with Gasteiger partial charge in [0.1, 0.15) is 22.9 Å². The van der Waals surface area contributed by atoms with Crippen LogP contribution >= 0.6 is 0 Å². The van der Waals surface area contributed by atoms with Crippen molar-refractivity contribution in [2.75, 3.05) is 20.8 Å². The highest BCUT2D eigenvalue weighted by Gasteiger charge is 2.19. The second-order valence-corrected chi connectivity index (χ2v) is 7.72. The molecule has 2 heterocycles. The number of ether oxygens (including phenoxy) is 3. The second kappa shape index (κ2) is 8.71. The predicted molar refractivity (Wildman–Crippen MR) is 118 cm³/mol. The number of aromatic nitrogens is 2. The van der Waals surface area contributed by atoms with Gasteiger partial charge in [-0.25, -0.2) is 0 Å². The molecule has 1 aromatic heterocycles. The molecule has 0 saturated heterocycles. The minimum absolute atomic E-state index is 0.0300. The van der Waals surface area contributed by atoms with Crippen LogP contribution in [0.4, 0.5) is 0 Å². The summed E-state index contributed by atoms with van der Waals surface area (Å²) in [4.78, 5) is 12.9. The zero-order valence-electron chi connectivity index (χ0n) is 18.3. The Kier molecular flexibility index (Phi) is 5.84. The molecule has 31 heavy (non-hydrogen) atoms. The van der Waals surface area contributed by atoms with E-state index >= 15 is 0 Å². The third kappa shape index (κ3) is 4.35. The molecule has 0 aliphatic carbocycles. The van der Waals surface area contributed by atoms with Crippen molar-refractivity contribution in [2.45, 2.75) is 25.8 Å². The maximum absolute atomic E-state index is 12.9. The first kappa shape index (κ1) is 20.8. The lowest BCUT2D eigenvalue weighted by molar-refractivity contribution is 0.0930. The van der Waals surface area contributed by atoms with Crippen LogP contribution in [0.1, 0.15) is 28.5 Å². The van der Waals surface area contributed by atoms with Gasteiger partial charge in [-0.05, 0) is 54.8 Å². The van der Waals surface area contributed by atoms with Gasteiger partial charge in [-0.2, -0.15) is 5.10 Å². The van der Waals surface area contributed by atoms with Gasteiger partial charge in [0.05, 0.1) is 26.5 Å². The van der Waals surface area contributed by atoms with E-state index in [0.29, 0.717) is 22.9 Å². The quantitative estimate of drug-likeness (QED) is 0.633. The molecule has 162 valence electrons. The Bertz CT molecular complexity index is 1110. The van der Waals surface area contributed by atoms with Gasteiger partial charge in [-0.3, -0.25) is 9.48 Å². The van der Waals surface area contributed by atoms with Crippen LogP contribution in [-0.2, 0) is 19.9 Å². The van der Waals surface area contributed by atoms with E-state index in [1.165, 1.54) is 11.1 Å². The molecule has 0 spiro atoms. The third-order valence-corrected chi connectivity index (χ3v) is 5.47. The molecule has 0 bridgehead atoms. The first-order valence-electron chi connectivity index (χ1n) is 10.3. The van der Waals surface area contributed by atoms with Crippen LogP contribution in [0.25, 0.3) is 11.3 Å². The standard InChI is InChI=1S/C24H27N3O4/c1-15(11-16-5-7-22-17(12-16)9-10-31-22)25-24(28)21-14-20(26-27(21)2)19-13-18(29-3)6-8-23(19)30-4/h5-8,12-15H,9-11H2,1-4H3,(H,25,28). The Morgan fingerprint density at radius 1 is 1.19 bits per heavy atom. The third-order valence-electron chi connectivity index (χ3n) is 5.47. The molecule has 1 atom stereocenters. The van der Waals surface area contributed by atoms with E-state index in [9.17, 15) is 4.79 Å². The lowest BCUT2D eigenvalue weighted by atomic mass is 10.0. The molecule has 2 aromatic carbocycles. The molecule has 7 nitrogen and oxygen atoms in total. The van der Waals surface area contributed by atoms with Gasteiger partial charge in [0.15, 0.2) is 0 Å². The summed E-state index contributed by atoms with van der Waals surface area (Å²) in [6.45, 7) is 2.75. The number of aryl methyl sites for hydroxylation is 1. The zero-order chi connectivity index (χ0) is 22.0. The van der Waals surface area contributed by atoms with Crippen molar-refractivity contribution in [3.05, 3.63) is 59.3 Å². The molecule has 1 amide bonds. The van der Waals surface area contributed by atoms with Crippen molar-refractivity contribution in [1.29, 1.82) is 0 Å². The smallest absolute Gasteiger partial charge is 0.269 e. The van der Waals surface area contributed by atoms with Crippen LogP contribution in [0, 0.1) is 0 Å². The molecule has 1 aliphatic rings. The molecule has 0 fully saturated rings. The summed E-state index contributed by atoms with van der Waals surface area (Å²) in [5.74, 6) is 2.16. The maximum atomic E-state index is 12.9. The zero-order valence-corrected chi connectivity index (χ0v) is 18.3. The van der Waals surface area contributed by atoms with Crippen molar-refractivity contribution in [2.24, 2.45) is 7.05 Å². The Labute approximate surface area is 181 Å². The number of nitrogens with one attached hydrogen (secondary N) is 1. The normalized spacial score (nSPS) is 13.3. The van der Waals surface area contributed by atoms with Crippen molar-refractivity contribution < 1.29 is 19.0 Å². The fourth-order valence-electron chi connectivity index (χ4n) is 3.89. The lowest BCUT2D eigenvalue weighted by Crippen LogP contribution is -2.35. The molecule has 0 radical (unpaired) electrons. The number of amides is 1. The Morgan fingerprint density at radius 3 is 2.81 bits per heavy atom. The van der Waals surface area contributed by atoms with Crippen LogP contribution in [-0.4, -0.2) is 42.6 Å². The number of hydrogen-bond acceptors (Lipinski definition) is 5. The Balaban J connectivity index is 1.49. The topological polar surface area (TPSA) is 74.6 Å². The first-order chi connectivity index (χ1) is 15.0. The maximum Gasteiger partial charge on any atom is 0.269 e. The van der Waals surface area contributed by atoms with Crippen molar-refractivity contribution in [1.82, 2.24) is 15.1 Å². The van der Waals surface area contributed by atoms with Gasteiger partial charge >= 0.3 is 0 Å². The van der Waals surface area contributed by atoms with E-state index in [2.05, 4.69) is 22.5 Å². The second-order valence-electron chi connectivity index (χ2n) is 7.72. The number of fused-ring (bicyclic) bond motifs is 1. The summed E-state index contributed by atoms with van der Waals surface area (Å²) in [5.41, 5.74) is 4.32. The predicted octanol–water partition coefficient (Wildman–Crippen LogP) is 3.40. The van der Waals surface area contributed by atoms with Crippen LogP contribution < -0.4 is 19.5 Å². The van der Waals surface area contributed by atoms with E-state index in [1.807, 2.05) is 31.2 Å². The number of methoxy groups -OCH3 is 2. The number of rotatable bonds is 7. The fraction of sp³-hybridized carbons (Fsp3) is 0.333. The highest BCUT2D eigenvalue weighted by atomic mass is 16.5. The molecule has 1 aliphatic heterocycles. The SMILES string of the molecule is COc1ccc(OC)c(-c2cc(C(=O)NC(C)Cc3ccc4c(c3)CCO4)n(C)n2)c1. The van der Waals surface area contributed by atoms with Gasteiger partial charge in [-0.1, -0.05) is 12.1 Å². The molecule has 3 aromatic rings. The van der Waals surface area contributed by atoms with Crippen molar-refractivity contribution >= 4 is 5.91 Å². The van der Waals surface area contributed by atoms with Crippen molar-refractivity contribution in [3.63, 3.8) is 0 Å². The Hall–Kier alpha value is -3.48. The number of carbonyl (C=O) groups excluding carboxylic acids is 1. The highest BCUT2D eigenvalue weighted by Crippen LogP contribution is 2.33. The van der Waals surface area contributed by atoms with Gasteiger partial charge in [0.2, 0.25) is 0 Å². The average Bonchev–Trinajstić information content (AvgIpc) is 3.39. The van der Waals surface area contributed by atoms with Crippen LogP contribution in [0.2, 0.25) is 0 Å².